The van der Waals surface area contributed by atoms with Crippen LogP contribution in [0.15, 0.2) is 40.9 Å². The number of hydrogen-bond donors (Lipinski definition) is 1. The number of nitrogens with one attached hydrogen (secondary N) is 1. The summed E-state index contributed by atoms with van der Waals surface area (Å²) in [4.78, 5) is 31.9. The molecule has 1 saturated heterocycles. The molecule has 0 saturated carbocycles. The van der Waals surface area contributed by atoms with Crippen molar-refractivity contribution in [2.24, 2.45) is 5.92 Å². The van der Waals surface area contributed by atoms with Gasteiger partial charge in [0.25, 0.3) is 5.91 Å². The molecule has 1 N–H and O–H groups in total. The summed E-state index contributed by atoms with van der Waals surface area (Å²) in [6, 6.07) is 11.7. The molecule has 3 rings (SSSR count). The van der Waals surface area contributed by atoms with Gasteiger partial charge in [-0.05, 0) is 50.5 Å². The fourth-order valence-electron chi connectivity index (χ4n) is 3.84. The molecule has 2 heterocycles. The number of aromatic nitrogens is 1. The zero-order valence-corrected chi connectivity index (χ0v) is 19.4. The number of likely N-dealkylation sites (tertiary alicyclic amines) is 1. The normalized spacial score (nSPS) is 14.6. The molecule has 0 bridgehead atoms. The minimum absolute atomic E-state index is 0.00240. The lowest BCUT2D eigenvalue weighted by molar-refractivity contribution is -0.126. The van der Waals surface area contributed by atoms with Crippen molar-refractivity contribution in [3.05, 3.63) is 52.1 Å². The van der Waals surface area contributed by atoms with Crippen LogP contribution in [0.5, 0.6) is 0 Å². The van der Waals surface area contributed by atoms with Crippen molar-refractivity contribution in [3.8, 4) is 11.3 Å². The van der Waals surface area contributed by atoms with Gasteiger partial charge in [0.1, 0.15) is 0 Å². The topological polar surface area (TPSA) is 62.3 Å². The van der Waals surface area contributed by atoms with Crippen molar-refractivity contribution < 1.29 is 9.59 Å². The first-order valence-electron chi connectivity index (χ1n) is 10.8. The molecular weight excluding hydrogens is 442 g/mol. The van der Waals surface area contributed by atoms with Crippen molar-refractivity contribution in [1.29, 1.82) is 0 Å². The average molecular weight is 472 g/mol. The molecular formula is C24H30BrN3O2. The van der Waals surface area contributed by atoms with Crippen LogP contribution in [0, 0.1) is 12.8 Å². The molecule has 1 fully saturated rings. The van der Waals surface area contributed by atoms with E-state index >= 15 is 0 Å². The third kappa shape index (κ3) is 5.69. The number of pyridine rings is 1. The Morgan fingerprint density at radius 1 is 1.17 bits per heavy atom. The number of amides is 2. The molecule has 0 atom stereocenters. The number of piperidine rings is 1. The molecule has 0 radical (unpaired) electrons. The Kier molecular flexibility index (Phi) is 8.02. The zero-order valence-electron chi connectivity index (χ0n) is 17.8. The van der Waals surface area contributed by atoms with Gasteiger partial charge < -0.3 is 10.2 Å². The molecule has 30 heavy (non-hydrogen) atoms. The predicted octanol–water partition coefficient (Wildman–Crippen LogP) is 4.98. The van der Waals surface area contributed by atoms with E-state index < -0.39 is 0 Å². The molecule has 2 amide bonds. The number of hydrogen-bond acceptors (Lipinski definition) is 3. The van der Waals surface area contributed by atoms with Gasteiger partial charge in [0.05, 0.1) is 17.0 Å². The highest BCUT2D eigenvalue weighted by Gasteiger charge is 2.28. The fourth-order valence-corrected chi connectivity index (χ4v) is 4.24. The molecule has 6 heteroatoms. The van der Waals surface area contributed by atoms with Crippen LogP contribution in [-0.4, -0.2) is 41.3 Å². The van der Waals surface area contributed by atoms with Crippen molar-refractivity contribution in [2.45, 2.75) is 46.0 Å². The highest BCUT2D eigenvalue weighted by molar-refractivity contribution is 9.10. The Hall–Kier alpha value is -2.21. The van der Waals surface area contributed by atoms with Crippen LogP contribution in [0.3, 0.4) is 0 Å². The molecule has 0 aliphatic carbocycles. The van der Waals surface area contributed by atoms with E-state index in [9.17, 15) is 9.59 Å². The van der Waals surface area contributed by atoms with E-state index in [1.165, 1.54) is 0 Å². The molecule has 1 aliphatic rings. The molecule has 0 spiro atoms. The summed E-state index contributed by atoms with van der Waals surface area (Å²) in [7, 11) is 0. The fraction of sp³-hybridized carbons (Fsp3) is 0.458. The van der Waals surface area contributed by atoms with E-state index in [-0.39, 0.29) is 17.7 Å². The van der Waals surface area contributed by atoms with E-state index in [0.29, 0.717) is 31.5 Å². The monoisotopic (exact) mass is 471 g/mol. The van der Waals surface area contributed by atoms with Gasteiger partial charge in [-0.25, -0.2) is 0 Å². The van der Waals surface area contributed by atoms with Crippen molar-refractivity contribution in [2.75, 3.05) is 19.6 Å². The van der Waals surface area contributed by atoms with Gasteiger partial charge in [-0.3, -0.25) is 14.6 Å². The number of carbonyl (C=O) groups is 2. The quantitative estimate of drug-likeness (QED) is 0.579. The molecule has 0 unspecified atom stereocenters. The van der Waals surface area contributed by atoms with Gasteiger partial charge in [-0.15, -0.1) is 0 Å². The second-order valence-corrected chi connectivity index (χ2v) is 8.82. The van der Waals surface area contributed by atoms with Gasteiger partial charge >= 0.3 is 0 Å². The Labute approximate surface area is 187 Å². The maximum atomic E-state index is 13.0. The molecule has 1 aliphatic heterocycles. The number of carbonyl (C=O) groups excluding carboxylic acids is 2. The van der Waals surface area contributed by atoms with Crippen molar-refractivity contribution >= 4 is 27.7 Å². The van der Waals surface area contributed by atoms with Crippen LogP contribution in [0.1, 0.15) is 55.1 Å². The number of rotatable bonds is 7. The van der Waals surface area contributed by atoms with Crippen LogP contribution in [0.25, 0.3) is 11.3 Å². The third-order valence-corrected chi connectivity index (χ3v) is 6.16. The third-order valence-electron chi connectivity index (χ3n) is 5.67. The summed E-state index contributed by atoms with van der Waals surface area (Å²) in [6.45, 7) is 6.00. The predicted molar refractivity (Wildman–Crippen MR) is 123 cm³/mol. The van der Waals surface area contributed by atoms with Gasteiger partial charge in [0.15, 0.2) is 0 Å². The Balaban J connectivity index is 1.58. The molecule has 1 aromatic carbocycles. The number of benzene rings is 1. The summed E-state index contributed by atoms with van der Waals surface area (Å²) < 4.78 is 0.997. The van der Waals surface area contributed by atoms with Gasteiger partial charge in [-0.2, -0.15) is 0 Å². The summed E-state index contributed by atoms with van der Waals surface area (Å²) in [5.41, 5.74) is 3.23. The lowest BCUT2D eigenvalue weighted by Gasteiger charge is -2.31. The molecule has 1 aromatic heterocycles. The van der Waals surface area contributed by atoms with Gasteiger partial charge in [-0.1, -0.05) is 47.8 Å². The maximum Gasteiger partial charge on any atom is 0.255 e. The van der Waals surface area contributed by atoms with Crippen molar-refractivity contribution in [1.82, 2.24) is 15.2 Å². The number of halogens is 1. The maximum absolute atomic E-state index is 13.0. The summed E-state index contributed by atoms with van der Waals surface area (Å²) >= 11 is 3.49. The molecule has 2 aromatic rings. The highest BCUT2D eigenvalue weighted by atomic mass is 79.9. The van der Waals surface area contributed by atoms with Gasteiger partial charge in [0.2, 0.25) is 5.91 Å². The zero-order chi connectivity index (χ0) is 21.5. The number of unbranched alkanes of at least 4 members (excludes halogenated alkanes) is 2. The van der Waals surface area contributed by atoms with Crippen molar-refractivity contribution in [3.63, 3.8) is 0 Å². The van der Waals surface area contributed by atoms with E-state index in [4.69, 9.17) is 0 Å². The molecule has 5 nitrogen and oxygen atoms in total. The Morgan fingerprint density at radius 3 is 2.60 bits per heavy atom. The van der Waals surface area contributed by atoms with E-state index in [1.54, 1.807) is 0 Å². The Morgan fingerprint density at radius 2 is 1.93 bits per heavy atom. The van der Waals surface area contributed by atoms with Crippen LogP contribution in [-0.2, 0) is 4.79 Å². The average Bonchev–Trinajstić information content (AvgIpc) is 2.76. The summed E-state index contributed by atoms with van der Waals surface area (Å²) in [5, 5.41) is 3.04. The summed E-state index contributed by atoms with van der Waals surface area (Å²) in [5.74, 6) is 0.144. The standard InChI is InChI=1S/C24H30BrN3O2/c1-3-4-5-13-26-23(29)18-11-14-28(15-12-18)24(30)21-9-10-22(27-17(21)2)19-7-6-8-20(25)16-19/h6-10,16,18H,3-5,11-15H2,1-2H3,(H,26,29). The van der Waals surface area contributed by atoms with E-state index in [0.717, 1.165) is 47.2 Å². The minimum atomic E-state index is 0.00240. The van der Waals surface area contributed by atoms with Gasteiger partial charge in [0, 0.05) is 35.6 Å². The van der Waals surface area contributed by atoms with Crippen LogP contribution in [0.4, 0.5) is 0 Å². The largest absolute Gasteiger partial charge is 0.356 e. The van der Waals surface area contributed by atoms with Crippen LogP contribution in [0.2, 0.25) is 0 Å². The number of nitrogens with zero attached hydrogens (tertiary/aromatic N) is 2. The SMILES string of the molecule is CCCCCNC(=O)C1CCN(C(=O)c2ccc(-c3cccc(Br)c3)nc2C)CC1. The number of aryl methyl sites for hydroxylation is 1. The minimum Gasteiger partial charge on any atom is -0.356 e. The van der Waals surface area contributed by atoms with E-state index in [1.807, 2.05) is 48.2 Å². The molecule has 160 valence electrons. The smallest absolute Gasteiger partial charge is 0.255 e. The Bertz CT molecular complexity index is 892. The second kappa shape index (κ2) is 10.7. The van der Waals surface area contributed by atoms with Crippen LogP contribution >= 0.6 is 15.9 Å². The lowest BCUT2D eigenvalue weighted by atomic mass is 9.95. The lowest BCUT2D eigenvalue weighted by Crippen LogP contribution is -2.43. The highest BCUT2D eigenvalue weighted by Crippen LogP contribution is 2.24. The second-order valence-electron chi connectivity index (χ2n) is 7.90. The first-order chi connectivity index (χ1) is 14.5. The summed E-state index contributed by atoms with van der Waals surface area (Å²) in [6.07, 6.45) is 4.75. The van der Waals surface area contributed by atoms with Crippen LogP contribution < -0.4 is 5.32 Å². The first-order valence-corrected chi connectivity index (χ1v) is 11.6. The first kappa shape index (κ1) is 22.5. The van der Waals surface area contributed by atoms with E-state index in [2.05, 4.69) is 33.2 Å².